The van der Waals surface area contributed by atoms with E-state index in [0.717, 1.165) is 35.1 Å². The zero-order valence-electron chi connectivity index (χ0n) is 16.3. The fourth-order valence-electron chi connectivity index (χ4n) is 5.16. The highest BCUT2D eigenvalue weighted by molar-refractivity contribution is 6.30. The van der Waals surface area contributed by atoms with E-state index < -0.39 is 11.3 Å². The van der Waals surface area contributed by atoms with Crippen LogP contribution in [0.2, 0.25) is 5.02 Å². The number of aryl methyl sites for hydroxylation is 1. The molecule has 2 aromatic carbocycles. The molecule has 2 nitrogen and oxygen atoms in total. The molecule has 2 aromatic rings. The molecule has 2 aliphatic rings. The molecule has 3 atom stereocenters. The average Bonchev–Trinajstić information content (AvgIpc) is 2.81. The van der Waals surface area contributed by atoms with E-state index in [4.69, 9.17) is 11.6 Å². The topological polar surface area (TPSA) is 34.1 Å². The molecule has 2 fully saturated rings. The molecule has 0 amide bonds. The molecule has 2 aliphatic carbocycles. The van der Waals surface area contributed by atoms with Crippen molar-refractivity contribution in [2.75, 3.05) is 0 Å². The second-order valence-corrected chi connectivity index (χ2v) is 9.36. The molecule has 0 aliphatic heterocycles. The third kappa shape index (κ3) is 2.53. The fraction of sp³-hybridized carbons (Fsp3) is 0.417. The Morgan fingerprint density at radius 2 is 1.59 bits per heavy atom. The van der Waals surface area contributed by atoms with Gasteiger partial charge in [0, 0.05) is 16.4 Å². The van der Waals surface area contributed by atoms with Crippen LogP contribution in [0.15, 0.2) is 42.5 Å². The number of halogens is 1. The molecule has 0 N–H and O–H groups in total. The van der Waals surface area contributed by atoms with Gasteiger partial charge in [0.25, 0.3) is 0 Å². The van der Waals surface area contributed by atoms with Crippen LogP contribution in [0.5, 0.6) is 0 Å². The van der Waals surface area contributed by atoms with E-state index in [1.54, 1.807) is 0 Å². The first-order chi connectivity index (χ1) is 12.7. The Hall–Kier alpha value is -1.93. The summed E-state index contributed by atoms with van der Waals surface area (Å²) in [6, 6.07) is 13.7. The number of Topliss-reactive ketones (excluding diaryl/α,β-unsaturated/α-hetero) is 2. The summed E-state index contributed by atoms with van der Waals surface area (Å²) in [7, 11) is 0. The molecular formula is C24H25ClO2. The van der Waals surface area contributed by atoms with Crippen molar-refractivity contribution >= 4 is 23.2 Å². The Morgan fingerprint density at radius 1 is 0.963 bits per heavy atom. The van der Waals surface area contributed by atoms with Crippen molar-refractivity contribution in [3.05, 3.63) is 58.6 Å². The van der Waals surface area contributed by atoms with Crippen molar-refractivity contribution < 1.29 is 9.59 Å². The van der Waals surface area contributed by atoms with E-state index >= 15 is 0 Å². The predicted octanol–water partition coefficient (Wildman–Crippen LogP) is 5.99. The number of hydrogen-bond acceptors (Lipinski definition) is 2. The van der Waals surface area contributed by atoms with Crippen LogP contribution in [-0.4, -0.2) is 11.6 Å². The van der Waals surface area contributed by atoms with Crippen molar-refractivity contribution in [3.63, 3.8) is 0 Å². The first-order valence-electron chi connectivity index (χ1n) is 9.61. The third-order valence-electron chi connectivity index (χ3n) is 7.43. The van der Waals surface area contributed by atoms with Gasteiger partial charge in [-0.05, 0) is 65.6 Å². The Labute approximate surface area is 165 Å². The maximum atomic E-state index is 13.5. The van der Waals surface area contributed by atoms with Gasteiger partial charge in [-0.1, -0.05) is 56.6 Å². The van der Waals surface area contributed by atoms with E-state index in [1.807, 2.05) is 49.4 Å². The molecule has 2 saturated carbocycles. The van der Waals surface area contributed by atoms with Crippen molar-refractivity contribution in [1.82, 2.24) is 0 Å². The molecule has 140 valence electrons. The molecule has 0 spiro atoms. The smallest absolute Gasteiger partial charge is 0.154 e. The summed E-state index contributed by atoms with van der Waals surface area (Å²) < 4.78 is 0. The van der Waals surface area contributed by atoms with Crippen molar-refractivity contribution in [2.45, 2.75) is 46.5 Å². The van der Waals surface area contributed by atoms with Gasteiger partial charge in [0.15, 0.2) is 11.6 Å². The van der Waals surface area contributed by atoms with Crippen LogP contribution in [0.25, 0.3) is 11.1 Å². The van der Waals surface area contributed by atoms with E-state index in [2.05, 4.69) is 20.8 Å². The van der Waals surface area contributed by atoms with Gasteiger partial charge in [0.2, 0.25) is 0 Å². The second kappa shape index (κ2) is 6.04. The van der Waals surface area contributed by atoms with Crippen LogP contribution in [-0.2, 0) is 9.59 Å². The molecule has 2 bridgehead atoms. The van der Waals surface area contributed by atoms with E-state index in [9.17, 15) is 9.59 Å². The summed E-state index contributed by atoms with van der Waals surface area (Å²) in [6.45, 7) is 8.24. The Bertz CT molecular complexity index is 941. The zero-order valence-corrected chi connectivity index (χ0v) is 17.1. The van der Waals surface area contributed by atoms with Gasteiger partial charge in [-0.15, -0.1) is 0 Å². The minimum Gasteiger partial charge on any atom is -0.298 e. The van der Waals surface area contributed by atoms with Crippen LogP contribution in [0.1, 0.15) is 50.7 Å². The van der Waals surface area contributed by atoms with Gasteiger partial charge in [-0.3, -0.25) is 9.59 Å². The number of hydrogen-bond donors (Lipinski definition) is 0. The van der Waals surface area contributed by atoms with Crippen molar-refractivity contribution in [1.29, 1.82) is 0 Å². The van der Waals surface area contributed by atoms with E-state index in [1.165, 1.54) is 0 Å². The molecule has 0 radical (unpaired) electrons. The van der Waals surface area contributed by atoms with E-state index in [-0.39, 0.29) is 22.9 Å². The van der Waals surface area contributed by atoms with E-state index in [0.29, 0.717) is 5.02 Å². The first-order valence-corrected chi connectivity index (χ1v) is 9.99. The summed E-state index contributed by atoms with van der Waals surface area (Å²) in [5.41, 5.74) is 3.22. The molecule has 27 heavy (non-hydrogen) atoms. The number of fused-ring (bicyclic) bond motifs is 2. The standard InChI is InChI=1S/C24H25ClO2/c1-14-5-6-16(15-7-9-17(25)10-8-15)13-18(14)20-21(26)19-11-12-24(4,22(20)27)23(19,2)3/h5-10,13,19-20H,11-12H2,1-4H3. The highest BCUT2D eigenvalue weighted by Crippen LogP contribution is 2.62. The molecule has 3 heteroatoms. The molecular weight excluding hydrogens is 356 g/mol. The predicted molar refractivity (Wildman–Crippen MR) is 109 cm³/mol. The van der Waals surface area contributed by atoms with Crippen LogP contribution < -0.4 is 0 Å². The molecule has 0 saturated heterocycles. The molecule has 4 rings (SSSR count). The number of carbonyl (C=O) groups excluding carboxylic acids is 2. The largest absolute Gasteiger partial charge is 0.298 e. The summed E-state index contributed by atoms with van der Waals surface area (Å²) in [5, 5.41) is 0.690. The lowest BCUT2D eigenvalue weighted by Gasteiger charge is -2.46. The summed E-state index contributed by atoms with van der Waals surface area (Å²) in [4.78, 5) is 26.9. The van der Waals surface area contributed by atoms with Gasteiger partial charge < -0.3 is 0 Å². The summed E-state index contributed by atoms with van der Waals surface area (Å²) in [5.74, 6) is -0.467. The van der Waals surface area contributed by atoms with Gasteiger partial charge in [-0.25, -0.2) is 0 Å². The van der Waals surface area contributed by atoms with Crippen molar-refractivity contribution in [2.24, 2.45) is 16.7 Å². The zero-order chi connectivity index (χ0) is 19.6. The van der Waals surface area contributed by atoms with Crippen LogP contribution >= 0.6 is 11.6 Å². The lowest BCUT2D eigenvalue weighted by atomic mass is 9.54. The quantitative estimate of drug-likeness (QED) is 0.599. The minimum absolute atomic E-state index is 0.0382. The highest BCUT2D eigenvalue weighted by atomic mass is 35.5. The Morgan fingerprint density at radius 3 is 2.26 bits per heavy atom. The maximum absolute atomic E-state index is 13.5. The maximum Gasteiger partial charge on any atom is 0.154 e. The van der Waals surface area contributed by atoms with Crippen molar-refractivity contribution in [3.8, 4) is 11.1 Å². The van der Waals surface area contributed by atoms with Crippen LogP contribution in [0, 0.1) is 23.7 Å². The van der Waals surface area contributed by atoms with Crippen LogP contribution in [0.3, 0.4) is 0 Å². The summed E-state index contributed by atoms with van der Waals surface area (Å²) in [6.07, 6.45) is 1.63. The van der Waals surface area contributed by atoms with Gasteiger partial charge in [0.05, 0.1) is 0 Å². The fourth-order valence-corrected chi connectivity index (χ4v) is 5.28. The average molecular weight is 381 g/mol. The lowest BCUT2D eigenvalue weighted by Crippen LogP contribution is -2.52. The monoisotopic (exact) mass is 380 g/mol. The molecule has 3 unspecified atom stereocenters. The van der Waals surface area contributed by atoms with Gasteiger partial charge in [-0.2, -0.15) is 0 Å². The minimum atomic E-state index is -0.636. The summed E-state index contributed by atoms with van der Waals surface area (Å²) >= 11 is 6.01. The Balaban J connectivity index is 1.82. The van der Waals surface area contributed by atoms with Gasteiger partial charge >= 0.3 is 0 Å². The first kappa shape index (κ1) is 18.4. The number of ketones is 2. The number of rotatable bonds is 2. The SMILES string of the molecule is Cc1ccc(-c2ccc(Cl)cc2)cc1C1C(=O)C2CCC(C)(C1=O)C2(C)C. The highest BCUT2D eigenvalue weighted by Gasteiger charge is 2.64. The second-order valence-electron chi connectivity index (χ2n) is 8.92. The van der Waals surface area contributed by atoms with Gasteiger partial charge in [0.1, 0.15) is 5.92 Å². The van der Waals surface area contributed by atoms with Crippen LogP contribution in [0.4, 0.5) is 0 Å². The molecule has 0 aromatic heterocycles. The number of carbonyl (C=O) groups is 2. The molecule has 0 heterocycles. The lowest BCUT2D eigenvalue weighted by molar-refractivity contribution is -0.149. The Kier molecular flexibility index (Phi) is 4.12. The number of benzene rings is 2. The third-order valence-corrected chi connectivity index (χ3v) is 7.68. The normalized spacial score (nSPS) is 29.2.